The van der Waals surface area contributed by atoms with Crippen molar-refractivity contribution >= 4 is 28.5 Å². The van der Waals surface area contributed by atoms with Gasteiger partial charge in [0.05, 0.1) is 0 Å². The fraction of sp³-hybridized carbons (Fsp3) is 0.343. The van der Waals surface area contributed by atoms with E-state index in [2.05, 4.69) is 33.9 Å². The average molecular weight is 594 g/mol. The van der Waals surface area contributed by atoms with Crippen molar-refractivity contribution in [1.82, 2.24) is 20.1 Å². The van der Waals surface area contributed by atoms with Crippen LogP contribution in [0, 0.1) is 6.92 Å². The Morgan fingerprint density at radius 1 is 0.977 bits per heavy atom. The van der Waals surface area contributed by atoms with Gasteiger partial charge in [0.2, 0.25) is 0 Å². The van der Waals surface area contributed by atoms with Crippen molar-refractivity contribution < 1.29 is 18.7 Å². The molecule has 4 heterocycles. The van der Waals surface area contributed by atoms with Crippen molar-refractivity contribution in [3.05, 3.63) is 102 Å². The van der Waals surface area contributed by atoms with E-state index in [1.807, 2.05) is 42.2 Å². The second-order valence-electron chi connectivity index (χ2n) is 11.8. The van der Waals surface area contributed by atoms with Crippen LogP contribution in [0.4, 0.5) is 0 Å². The van der Waals surface area contributed by atoms with Crippen molar-refractivity contribution in [3.63, 3.8) is 0 Å². The molecule has 2 fully saturated rings. The molecule has 6 rings (SSSR count). The van der Waals surface area contributed by atoms with E-state index in [0.29, 0.717) is 48.5 Å². The van der Waals surface area contributed by atoms with E-state index in [0.717, 1.165) is 54.7 Å². The summed E-state index contributed by atoms with van der Waals surface area (Å²) in [6.45, 7) is 9.71. The van der Waals surface area contributed by atoms with Gasteiger partial charge in [0.25, 0.3) is 11.8 Å². The van der Waals surface area contributed by atoms with Crippen LogP contribution in [-0.2, 0) is 6.54 Å². The number of hydrogen-bond donors (Lipinski definition) is 2. The van der Waals surface area contributed by atoms with Crippen LogP contribution < -0.4 is 15.8 Å². The molecule has 0 aliphatic carbocycles. The van der Waals surface area contributed by atoms with Crippen molar-refractivity contribution in [2.24, 2.45) is 5.73 Å². The van der Waals surface area contributed by atoms with E-state index < -0.39 is 0 Å². The predicted octanol–water partition coefficient (Wildman–Crippen LogP) is 5.14. The zero-order valence-corrected chi connectivity index (χ0v) is 25.1. The Balaban J connectivity index is 1.01. The van der Waals surface area contributed by atoms with Gasteiger partial charge in [-0.25, -0.2) is 0 Å². The third-order valence-electron chi connectivity index (χ3n) is 8.73. The number of piperidine rings is 2. The van der Waals surface area contributed by atoms with Gasteiger partial charge >= 0.3 is 0 Å². The number of carbonyl (C=O) groups is 2. The van der Waals surface area contributed by atoms with Crippen molar-refractivity contribution in [2.75, 3.05) is 26.2 Å². The highest BCUT2D eigenvalue weighted by molar-refractivity contribution is 5.99. The first-order valence-electron chi connectivity index (χ1n) is 15.3. The van der Waals surface area contributed by atoms with Gasteiger partial charge in [0.1, 0.15) is 17.4 Å². The molecule has 9 nitrogen and oxygen atoms in total. The Kier molecular flexibility index (Phi) is 8.65. The highest BCUT2D eigenvalue weighted by atomic mass is 16.5. The Morgan fingerprint density at radius 2 is 1.68 bits per heavy atom. The molecule has 44 heavy (non-hydrogen) atoms. The normalized spacial score (nSPS) is 16.6. The van der Waals surface area contributed by atoms with E-state index >= 15 is 0 Å². The minimum Gasteiger partial charge on any atom is -0.490 e. The molecule has 0 unspecified atom stereocenters. The first kappa shape index (κ1) is 29.4. The van der Waals surface area contributed by atoms with Crippen molar-refractivity contribution in [1.29, 1.82) is 0 Å². The molecule has 0 bridgehead atoms. The second-order valence-corrected chi connectivity index (χ2v) is 11.8. The predicted molar refractivity (Wildman–Crippen MR) is 170 cm³/mol. The Hall–Kier alpha value is -4.63. The number of nitrogens with zero attached hydrogens (tertiary/aromatic N) is 3. The molecule has 2 aromatic heterocycles. The molecule has 2 saturated heterocycles. The Bertz CT molecular complexity index is 1630. The number of aryl methyl sites for hydroxylation is 1. The summed E-state index contributed by atoms with van der Waals surface area (Å²) >= 11 is 0. The third-order valence-corrected chi connectivity index (χ3v) is 8.73. The van der Waals surface area contributed by atoms with Crippen LogP contribution in [0.5, 0.6) is 5.75 Å². The van der Waals surface area contributed by atoms with Gasteiger partial charge in [-0.1, -0.05) is 30.8 Å². The van der Waals surface area contributed by atoms with Crippen LogP contribution >= 0.6 is 0 Å². The van der Waals surface area contributed by atoms with Crippen LogP contribution in [0.3, 0.4) is 0 Å². The van der Waals surface area contributed by atoms with Crippen LogP contribution in [-0.4, -0.2) is 64.9 Å². The molecule has 0 saturated carbocycles. The Labute approximate surface area is 257 Å². The first-order chi connectivity index (χ1) is 21.3. The fourth-order valence-corrected chi connectivity index (χ4v) is 6.10. The van der Waals surface area contributed by atoms with Crippen LogP contribution in [0.2, 0.25) is 0 Å². The number of furan rings is 1. The number of fused-ring (bicyclic) bond motifs is 1. The molecule has 0 radical (unpaired) electrons. The highest BCUT2D eigenvalue weighted by Crippen LogP contribution is 2.31. The van der Waals surface area contributed by atoms with Gasteiger partial charge < -0.3 is 25.1 Å². The van der Waals surface area contributed by atoms with Crippen LogP contribution in [0.1, 0.15) is 63.3 Å². The number of aromatic nitrogens is 1. The summed E-state index contributed by atoms with van der Waals surface area (Å²) in [5.41, 5.74) is 10.7. The fourth-order valence-electron chi connectivity index (χ4n) is 6.10. The first-order valence-corrected chi connectivity index (χ1v) is 15.3. The molecule has 4 aromatic rings. The lowest BCUT2D eigenvalue weighted by Crippen LogP contribution is -2.46. The number of hydrogen-bond acceptors (Lipinski definition) is 7. The van der Waals surface area contributed by atoms with Gasteiger partial charge in [-0.05, 0) is 74.1 Å². The minimum absolute atomic E-state index is 0.00469. The highest BCUT2D eigenvalue weighted by Gasteiger charge is 2.27. The summed E-state index contributed by atoms with van der Waals surface area (Å²) in [6.07, 6.45) is 6.65. The summed E-state index contributed by atoms with van der Waals surface area (Å²) in [5, 5.41) is 4.00. The molecule has 2 aliphatic rings. The number of rotatable bonds is 8. The van der Waals surface area contributed by atoms with Crippen LogP contribution in [0.15, 0.2) is 78.0 Å². The monoisotopic (exact) mass is 593 g/mol. The van der Waals surface area contributed by atoms with Gasteiger partial charge in [0, 0.05) is 73.4 Å². The molecule has 228 valence electrons. The smallest absolute Gasteiger partial charge is 0.287 e. The van der Waals surface area contributed by atoms with E-state index in [4.69, 9.17) is 14.9 Å². The SMILES string of the molecule is C=C(N)c1ccc(CN2CCC(Oc3ccc4oc(C(=O)NC5CCN(C(=O)c6ccncc6)CC5)c(C)c4c3)CC2)cc1. The topological polar surface area (TPSA) is 114 Å². The molecular weight excluding hydrogens is 554 g/mol. The number of benzene rings is 2. The van der Waals surface area contributed by atoms with Gasteiger partial charge in [-0.2, -0.15) is 0 Å². The largest absolute Gasteiger partial charge is 0.490 e. The molecule has 3 N–H and O–H groups in total. The van der Waals surface area contributed by atoms with Crippen molar-refractivity contribution in [3.8, 4) is 5.75 Å². The summed E-state index contributed by atoms with van der Waals surface area (Å²) in [6, 6.07) is 17.5. The van der Waals surface area contributed by atoms with Gasteiger partial charge in [0.15, 0.2) is 5.76 Å². The molecule has 9 heteroatoms. The lowest BCUT2D eigenvalue weighted by Gasteiger charge is -2.32. The molecule has 0 spiro atoms. The average Bonchev–Trinajstić information content (AvgIpc) is 3.38. The van der Waals surface area contributed by atoms with Gasteiger partial charge in [-0.3, -0.25) is 19.5 Å². The zero-order chi connectivity index (χ0) is 30.6. The maximum atomic E-state index is 13.2. The summed E-state index contributed by atoms with van der Waals surface area (Å²) in [4.78, 5) is 34.2. The number of pyridine rings is 1. The second kappa shape index (κ2) is 12.9. The van der Waals surface area contributed by atoms with Gasteiger partial charge in [-0.15, -0.1) is 0 Å². The number of carbonyl (C=O) groups excluding carboxylic acids is 2. The van der Waals surface area contributed by atoms with E-state index in [9.17, 15) is 9.59 Å². The number of amides is 2. The maximum Gasteiger partial charge on any atom is 0.287 e. The molecule has 2 amide bonds. The maximum absolute atomic E-state index is 13.2. The molecule has 2 aliphatic heterocycles. The summed E-state index contributed by atoms with van der Waals surface area (Å²) in [7, 11) is 0. The number of nitrogens with two attached hydrogens (primary N) is 1. The zero-order valence-electron chi connectivity index (χ0n) is 25.1. The lowest BCUT2D eigenvalue weighted by atomic mass is 10.0. The summed E-state index contributed by atoms with van der Waals surface area (Å²) in [5.74, 6) is 0.880. The third kappa shape index (κ3) is 6.63. The van der Waals surface area contributed by atoms with E-state index in [1.54, 1.807) is 24.5 Å². The lowest BCUT2D eigenvalue weighted by molar-refractivity contribution is 0.0695. The number of likely N-dealkylation sites (tertiary alicyclic amines) is 2. The standard InChI is InChI=1S/C35H39N5O4/c1-23-31-21-30(43-29-13-17-39(18-14-29)22-25-3-5-26(6-4-25)24(2)36)7-8-32(31)44-33(23)34(41)38-28-11-19-40(20-12-28)35(42)27-9-15-37-16-10-27/h3-10,15-16,21,28-29H,2,11-14,17-20,22,36H2,1H3,(H,38,41). The minimum atomic E-state index is -0.227. The molecule has 2 aromatic carbocycles. The van der Waals surface area contributed by atoms with E-state index in [-0.39, 0.29) is 24.0 Å². The van der Waals surface area contributed by atoms with E-state index in [1.165, 1.54) is 5.56 Å². The quantitative estimate of drug-likeness (QED) is 0.291. The van der Waals surface area contributed by atoms with Crippen molar-refractivity contribution in [2.45, 2.75) is 51.3 Å². The Morgan fingerprint density at radius 3 is 2.36 bits per heavy atom. The molecular formula is C35H39N5O4. The van der Waals surface area contributed by atoms with Crippen LogP contribution in [0.25, 0.3) is 16.7 Å². The summed E-state index contributed by atoms with van der Waals surface area (Å²) < 4.78 is 12.4. The number of nitrogens with one attached hydrogen (secondary N) is 1. The number of ether oxygens (including phenoxy) is 1. The molecule has 0 atom stereocenters.